The van der Waals surface area contributed by atoms with E-state index in [2.05, 4.69) is 203 Å². The Labute approximate surface area is 328 Å². The van der Waals surface area contributed by atoms with Crippen LogP contribution in [0.5, 0.6) is 0 Å². The zero-order chi connectivity index (χ0) is 37.5. The standard InChI is InChI=1S/C54H34N2O/c1-4-12-35(13-5-1)37-20-25-49-44(30-37)46-32-39(22-27-50(46)55(49)41-16-8-3-9-17-41)40-23-28-52-47(33-40)45-31-38(36-14-6-2-7-15-36)21-26-51(45)56(52)42-24-29-54-48(34-42)43-18-10-11-19-53(43)57-54/h1-34H. The summed E-state index contributed by atoms with van der Waals surface area (Å²) >= 11 is 0. The van der Waals surface area contributed by atoms with E-state index in [-0.39, 0.29) is 0 Å². The molecule has 0 aliphatic rings. The van der Waals surface area contributed by atoms with Crippen molar-refractivity contribution in [2.45, 2.75) is 0 Å². The average Bonchev–Trinajstić information content (AvgIpc) is 3.93. The van der Waals surface area contributed by atoms with Crippen LogP contribution in [0.25, 0.3) is 110 Å². The molecule has 57 heavy (non-hydrogen) atoms. The van der Waals surface area contributed by atoms with E-state index in [9.17, 15) is 0 Å². The van der Waals surface area contributed by atoms with Gasteiger partial charge in [0.15, 0.2) is 0 Å². The summed E-state index contributed by atoms with van der Waals surface area (Å²) < 4.78 is 11.0. The number of benzene rings is 9. The second-order valence-electron chi connectivity index (χ2n) is 14.9. The third-order valence-electron chi connectivity index (χ3n) is 11.7. The maximum absolute atomic E-state index is 6.23. The number of fused-ring (bicyclic) bond motifs is 9. The maximum Gasteiger partial charge on any atom is 0.135 e. The van der Waals surface area contributed by atoms with Gasteiger partial charge in [-0.2, -0.15) is 0 Å². The molecular weight excluding hydrogens is 693 g/mol. The first kappa shape index (κ1) is 31.7. The molecule has 0 aliphatic carbocycles. The summed E-state index contributed by atoms with van der Waals surface area (Å²) in [4.78, 5) is 0. The van der Waals surface area contributed by atoms with Gasteiger partial charge in [-0.3, -0.25) is 0 Å². The normalized spacial score (nSPS) is 11.9. The van der Waals surface area contributed by atoms with Crippen molar-refractivity contribution in [1.29, 1.82) is 0 Å². The summed E-state index contributed by atoms with van der Waals surface area (Å²) in [5.41, 5.74) is 16.0. The molecular formula is C54H34N2O. The molecule has 0 N–H and O–H groups in total. The van der Waals surface area contributed by atoms with Crippen LogP contribution in [-0.2, 0) is 0 Å². The lowest BCUT2D eigenvalue weighted by Crippen LogP contribution is -1.94. The third kappa shape index (κ3) is 4.99. The van der Waals surface area contributed by atoms with E-state index in [1.165, 1.54) is 77.0 Å². The van der Waals surface area contributed by atoms with Crippen molar-refractivity contribution in [2.24, 2.45) is 0 Å². The van der Waals surface area contributed by atoms with Crippen LogP contribution in [0.4, 0.5) is 0 Å². The number of hydrogen-bond donors (Lipinski definition) is 0. The fourth-order valence-electron chi connectivity index (χ4n) is 9.01. The minimum Gasteiger partial charge on any atom is -0.456 e. The zero-order valence-electron chi connectivity index (χ0n) is 30.9. The molecule has 12 aromatic rings. The van der Waals surface area contributed by atoms with Gasteiger partial charge in [0.25, 0.3) is 0 Å². The van der Waals surface area contributed by atoms with E-state index >= 15 is 0 Å². The largest absolute Gasteiger partial charge is 0.456 e. The van der Waals surface area contributed by atoms with Gasteiger partial charge in [0.2, 0.25) is 0 Å². The molecule has 9 aromatic carbocycles. The third-order valence-corrected chi connectivity index (χ3v) is 11.7. The number of para-hydroxylation sites is 2. The van der Waals surface area contributed by atoms with Crippen LogP contribution in [0, 0.1) is 0 Å². The lowest BCUT2D eigenvalue weighted by atomic mass is 9.98. The molecule has 0 unspecified atom stereocenters. The van der Waals surface area contributed by atoms with Crippen LogP contribution in [-0.4, -0.2) is 9.13 Å². The molecule has 0 saturated heterocycles. The lowest BCUT2D eigenvalue weighted by molar-refractivity contribution is 0.669. The average molecular weight is 727 g/mol. The number of hydrogen-bond acceptors (Lipinski definition) is 1. The van der Waals surface area contributed by atoms with Crippen molar-refractivity contribution in [1.82, 2.24) is 9.13 Å². The van der Waals surface area contributed by atoms with Crippen molar-refractivity contribution < 1.29 is 4.42 Å². The number of aromatic nitrogens is 2. The van der Waals surface area contributed by atoms with Crippen molar-refractivity contribution in [2.75, 3.05) is 0 Å². The highest BCUT2D eigenvalue weighted by Crippen LogP contribution is 2.41. The Kier molecular flexibility index (Phi) is 6.93. The molecule has 0 bridgehead atoms. The molecule has 3 aromatic heterocycles. The minimum atomic E-state index is 0.897. The van der Waals surface area contributed by atoms with Gasteiger partial charge < -0.3 is 13.6 Å². The molecule has 0 fully saturated rings. The van der Waals surface area contributed by atoms with Gasteiger partial charge in [0.05, 0.1) is 22.1 Å². The summed E-state index contributed by atoms with van der Waals surface area (Å²) in [5.74, 6) is 0. The van der Waals surface area contributed by atoms with Crippen LogP contribution >= 0.6 is 0 Å². The Hall–Kier alpha value is -7.62. The summed E-state index contributed by atoms with van der Waals surface area (Å²) in [6, 6.07) is 74.6. The van der Waals surface area contributed by atoms with E-state index < -0.39 is 0 Å². The molecule has 0 amide bonds. The van der Waals surface area contributed by atoms with Crippen molar-refractivity contribution in [3.63, 3.8) is 0 Å². The molecule has 3 nitrogen and oxygen atoms in total. The van der Waals surface area contributed by atoms with E-state index in [4.69, 9.17) is 4.42 Å². The second-order valence-corrected chi connectivity index (χ2v) is 14.9. The van der Waals surface area contributed by atoms with Crippen LogP contribution in [0.1, 0.15) is 0 Å². The Morgan fingerprint density at radius 3 is 1.16 bits per heavy atom. The molecule has 3 heterocycles. The smallest absolute Gasteiger partial charge is 0.135 e. The van der Waals surface area contributed by atoms with Crippen LogP contribution < -0.4 is 0 Å². The Balaban J connectivity index is 1.08. The first-order valence-corrected chi connectivity index (χ1v) is 19.5. The molecule has 266 valence electrons. The maximum atomic E-state index is 6.23. The predicted octanol–water partition coefficient (Wildman–Crippen LogP) is 14.8. The van der Waals surface area contributed by atoms with Crippen molar-refractivity contribution in [3.05, 3.63) is 206 Å². The molecule has 3 heteroatoms. The number of furan rings is 1. The van der Waals surface area contributed by atoms with Gasteiger partial charge in [-0.25, -0.2) is 0 Å². The second kappa shape index (κ2) is 12.5. The molecule has 0 radical (unpaired) electrons. The highest BCUT2D eigenvalue weighted by molar-refractivity contribution is 6.14. The molecule has 12 rings (SSSR count). The monoisotopic (exact) mass is 726 g/mol. The molecule has 0 aliphatic heterocycles. The highest BCUT2D eigenvalue weighted by atomic mass is 16.3. The zero-order valence-corrected chi connectivity index (χ0v) is 30.9. The Bertz CT molecular complexity index is 3500. The molecule has 0 atom stereocenters. The van der Waals surface area contributed by atoms with E-state index in [0.717, 1.165) is 33.3 Å². The fraction of sp³-hybridized carbons (Fsp3) is 0. The van der Waals surface area contributed by atoms with Crippen LogP contribution in [0.15, 0.2) is 211 Å². The van der Waals surface area contributed by atoms with E-state index in [0.29, 0.717) is 0 Å². The fourth-order valence-corrected chi connectivity index (χ4v) is 9.01. The summed E-state index contributed by atoms with van der Waals surface area (Å²) in [7, 11) is 0. The number of rotatable bonds is 5. The van der Waals surface area contributed by atoms with Crippen molar-refractivity contribution >= 4 is 65.6 Å². The SMILES string of the molecule is c1ccc(-c2ccc3c(c2)c2cc(-c4ccc5c(c4)c4cc(-c6ccccc6)ccc4n5-c4ccc5oc6ccccc6c5c4)ccc2n3-c2ccccc2)cc1. The topological polar surface area (TPSA) is 23.0 Å². The minimum absolute atomic E-state index is 0.897. The van der Waals surface area contributed by atoms with E-state index in [1.807, 2.05) is 12.1 Å². The van der Waals surface area contributed by atoms with Gasteiger partial charge in [-0.1, -0.05) is 121 Å². The van der Waals surface area contributed by atoms with E-state index in [1.54, 1.807) is 0 Å². The summed E-state index contributed by atoms with van der Waals surface area (Å²) in [5, 5.41) is 7.16. The Morgan fingerprint density at radius 2 is 0.649 bits per heavy atom. The van der Waals surface area contributed by atoms with Gasteiger partial charge in [-0.05, 0) is 118 Å². The van der Waals surface area contributed by atoms with Crippen LogP contribution in [0.3, 0.4) is 0 Å². The van der Waals surface area contributed by atoms with Gasteiger partial charge in [0.1, 0.15) is 11.2 Å². The summed E-state index contributed by atoms with van der Waals surface area (Å²) in [6.45, 7) is 0. The van der Waals surface area contributed by atoms with Gasteiger partial charge >= 0.3 is 0 Å². The number of nitrogens with zero attached hydrogens (tertiary/aromatic N) is 2. The lowest BCUT2D eigenvalue weighted by Gasteiger charge is -2.10. The quantitative estimate of drug-likeness (QED) is 0.173. The first-order chi connectivity index (χ1) is 28.2. The summed E-state index contributed by atoms with van der Waals surface area (Å²) in [6.07, 6.45) is 0. The Morgan fingerprint density at radius 1 is 0.246 bits per heavy atom. The van der Waals surface area contributed by atoms with Crippen LogP contribution in [0.2, 0.25) is 0 Å². The van der Waals surface area contributed by atoms with Gasteiger partial charge in [0, 0.05) is 43.7 Å². The predicted molar refractivity (Wildman–Crippen MR) is 239 cm³/mol. The van der Waals surface area contributed by atoms with Crippen molar-refractivity contribution in [3.8, 4) is 44.8 Å². The molecule has 0 saturated carbocycles. The first-order valence-electron chi connectivity index (χ1n) is 19.5. The van der Waals surface area contributed by atoms with Gasteiger partial charge in [-0.15, -0.1) is 0 Å². The molecule has 0 spiro atoms. The highest BCUT2D eigenvalue weighted by Gasteiger charge is 2.18.